The zero-order valence-electron chi connectivity index (χ0n) is 11.1. The Morgan fingerprint density at radius 1 is 1.39 bits per heavy atom. The predicted octanol–water partition coefficient (Wildman–Crippen LogP) is 0.677. The number of hydrogen-bond donors (Lipinski definition) is 1. The summed E-state index contributed by atoms with van der Waals surface area (Å²) in [6.07, 6.45) is 2.60. The van der Waals surface area contributed by atoms with Crippen LogP contribution in [0, 0.1) is 0 Å². The van der Waals surface area contributed by atoms with E-state index >= 15 is 0 Å². The van der Waals surface area contributed by atoms with E-state index in [4.69, 9.17) is 15.2 Å². The Balaban J connectivity index is 2.72. The van der Waals surface area contributed by atoms with Crippen LogP contribution in [0.3, 0.4) is 0 Å². The summed E-state index contributed by atoms with van der Waals surface area (Å²) in [5.41, 5.74) is 5.54. The van der Waals surface area contributed by atoms with Crippen LogP contribution < -0.4 is 15.4 Å². The summed E-state index contributed by atoms with van der Waals surface area (Å²) >= 11 is 0. The van der Waals surface area contributed by atoms with Crippen molar-refractivity contribution < 1.29 is 9.47 Å². The van der Waals surface area contributed by atoms with E-state index in [1.807, 2.05) is 6.92 Å². The zero-order valence-corrected chi connectivity index (χ0v) is 11.1. The van der Waals surface area contributed by atoms with Crippen LogP contribution in [0.15, 0.2) is 12.3 Å². The minimum absolute atomic E-state index is 0.595. The summed E-state index contributed by atoms with van der Waals surface area (Å²) in [7, 11) is 1.68. The standard InChI is InChI=1S/C12H22N4O2/c1-3-18-11-5-7-14-12(15-11)16(8-4-6-13)9-10-17-2/h5,7H,3-4,6,8-10,13H2,1-2H3. The van der Waals surface area contributed by atoms with Crippen LogP contribution in [0.5, 0.6) is 5.88 Å². The molecule has 1 aromatic rings. The molecular formula is C12H22N4O2. The molecule has 1 aromatic heterocycles. The SMILES string of the molecule is CCOc1ccnc(N(CCCN)CCOC)n1. The average Bonchev–Trinajstić information content (AvgIpc) is 2.40. The third-order valence-corrected chi connectivity index (χ3v) is 2.39. The van der Waals surface area contributed by atoms with Crippen molar-refractivity contribution in [2.45, 2.75) is 13.3 Å². The van der Waals surface area contributed by atoms with Gasteiger partial charge in [-0.05, 0) is 19.9 Å². The molecule has 0 amide bonds. The van der Waals surface area contributed by atoms with Gasteiger partial charge in [-0.3, -0.25) is 0 Å². The molecule has 0 saturated carbocycles. The monoisotopic (exact) mass is 254 g/mol. The molecule has 0 saturated heterocycles. The molecule has 1 rings (SSSR count). The second-order valence-corrected chi connectivity index (χ2v) is 3.75. The van der Waals surface area contributed by atoms with Gasteiger partial charge in [0, 0.05) is 32.5 Å². The maximum Gasteiger partial charge on any atom is 0.228 e. The number of nitrogens with two attached hydrogens (primary N) is 1. The van der Waals surface area contributed by atoms with Gasteiger partial charge in [-0.25, -0.2) is 4.98 Å². The number of ether oxygens (including phenoxy) is 2. The highest BCUT2D eigenvalue weighted by Crippen LogP contribution is 2.12. The molecule has 0 fully saturated rings. The van der Waals surface area contributed by atoms with E-state index in [-0.39, 0.29) is 0 Å². The van der Waals surface area contributed by atoms with Gasteiger partial charge < -0.3 is 20.1 Å². The lowest BCUT2D eigenvalue weighted by molar-refractivity contribution is 0.204. The minimum Gasteiger partial charge on any atom is -0.478 e. The number of nitrogens with zero attached hydrogens (tertiary/aromatic N) is 3. The van der Waals surface area contributed by atoms with Crippen molar-refractivity contribution >= 4 is 5.95 Å². The molecule has 0 radical (unpaired) electrons. The summed E-state index contributed by atoms with van der Waals surface area (Å²) in [4.78, 5) is 10.7. The number of methoxy groups -OCH3 is 1. The van der Waals surface area contributed by atoms with Gasteiger partial charge in [-0.2, -0.15) is 4.98 Å². The van der Waals surface area contributed by atoms with Gasteiger partial charge in [0.1, 0.15) is 0 Å². The normalized spacial score (nSPS) is 10.4. The molecular weight excluding hydrogens is 232 g/mol. The van der Waals surface area contributed by atoms with Crippen LogP contribution in [0.4, 0.5) is 5.95 Å². The molecule has 18 heavy (non-hydrogen) atoms. The first-order valence-electron chi connectivity index (χ1n) is 6.21. The van der Waals surface area contributed by atoms with Crippen molar-refractivity contribution in [1.29, 1.82) is 0 Å². The predicted molar refractivity (Wildman–Crippen MR) is 71.0 cm³/mol. The van der Waals surface area contributed by atoms with Crippen molar-refractivity contribution in [1.82, 2.24) is 9.97 Å². The Morgan fingerprint density at radius 3 is 2.89 bits per heavy atom. The molecule has 6 heteroatoms. The number of hydrogen-bond acceptors (Lipinski definition) is 6. The summed E-state index contributed by atoms with van der Waals surface area (Å²) in [6, 6.07) is 1.75. The van der Waals surface area contributed by atoms with Gasteiger partial charge in [0.05, 0.1) is 13.2 Å². The lowest BCUT2D eigenvalue weighted by Gasteiger charge is -2.22. The molecule has 0 aliphatic carbocycles. The van der Waals surface area contributed by atoms with Crippen LogP contribution in [0.25, 0.3) is 0 Å². The topological polar surface area (TPSA) is 73.5 Å². The Bertz CT molecular complexity index is 328. The molecule has 0 bridgehead atoms. The van der Waals surface area contributed by atoms with Crippen LogP contribution in [-0.4, -0.2) is 49.9 Å². The molecule has 0 atom stereocenters. The van der Waals surface area contributed by atoms with E-state index in [1.165, 1.54) is 0 Å². The third kappa shape index (κ3) is 4.85. The highest BCUT2D eigenvalue weighted by Gasteiger charge is 2.09. The van der Waals surface area contributed by atoms with Gasteiger partial charge >= 0.3 is 0 Å². The molecule has 0 aliphatic heterocycles. The van der Waals surface area contributed by atoms with Crippen molar-refractivity contribution in [2.24, 2.45) is 5.73 Å². The zero-order chi connectivity index (χ0) is 13.2. The van der Waals surface area contributed by atoms with Gasteiger partial charge in [0.2, 0.25) is 11.8 Å². The second kappa shape index (κ2) is 8.66. The van der Waals surface area contributed by atoms with Crippen LogP contribution >= 0.6 is 0 Å². The van der Waals surface area contributed by atoms with E-state index in [9.17, 15) is 0 Å². The van der Waals surface area contributed by atoms with Gasteiger partial charge in [0.15, 0.2) is 0 Å². The van der Waals surface area contributed by atoms with Crippen LogP contribution in [0.2, 0.25) is 0 Å². The summed E-state index contributed by atoms with van der Waals surface area (Å²) in [5, 5.41) is 0. The maximum atomic E-state index is 5.54. The fourth-order valence-electron chi connectivity index (χ4n) is 1.51. The first-order valence-corrected chi connectivity index (χ1v) is 6.21. The first-order chi connectivity index (χ1) is 8.81. The Kier molecular flexibility index (Phi) is 7.05. The van der Waals surface area contributed by atoms with Gasteiger partial charge in [-0.1, -0.05) is 0 Å². The van der Waals surface area contributed by atoms with Gasteiger partial charge in [-0.15, -0.1) is 0 Å². The first kappa shape index (κ1) is 14.7. The number of anilines is 1. The van der Waals surface area contributed by atoms with Crippen molar-refractivity contribution in [3.05, 3.63) is 12.3 Å². The maximum absolute atomic E-state index is 5.54. The summed E-state index contributed by atoms with van der Waals surface area (Å²) in [6.45, 7) is 5.36. The minimum atomic E-state index is 0.595. The number of aromatic nitrogens is 2. The van der Waals surface area contributed by atoms with Gasteiger partial charge in [0.25, 0.3) is 0 Å². The molecule has 0 aromatic carbocycles. The fraction of sp³-hybridized carbons (Fsp3) is 0.667. The van der Waals surface area contributed by atoms with E-state index in [1.54, 1.807) is 19.4 Å². The summed E-state index contributed by atoms with van der Waals surface area (Å²) in [5.74, 6) is 1.25. The van der Waals surface area contributed by atoms with Crippen molar-refractivity contribution in [3.8, 4) is 5.88 Å². The van der Waals surface area contributed by atoms with Crippen molar-refractivity contribution in [2.75, 3.05) is 44.9 Å². The molecule has 6 nitrogen and oxygen atoms in total. The second-order valence-electron chi connectivity index (χ2n) is 3.75. The van der Waals surface area contributed by atoms with E-state index in [0.29, 0.717) is 31.6 Å². The Hall–Kier alpha value is -1.40. The molecule has 1 heterocycles. The van der Waals surface area contributed by atoms with Crippen molar-refractivity contribution in [3.63, 3.8) is 0 Å². The lowest BCUT2D eigenvalue weighted by atomic mass is 10.4. The summed E-state index contributed by atoms with van der Waals surface area (Å²) < 4.78 is 10.5. The fourth-order valence-corrected chi connectivity index (χ4v) is 1.51. The van der Waals surface area contributed by atoms with Crippen LogP contribution in [0.1, 0.15) is 13.3 Å². The molecule has 102 valence electrons. The lowest BCUT2D eigenvalue weighted by Crippen LogP contribution is -2.31. The van der Waals surface area contributed by atoms with E-state index < -0.39 is 0 Å². The van der Waals surface area contributed by atoms with E-state index in [0.717, 1.165) is 19.5 Å². The molecule has 0 aliphatic rings. The Labute approximate surface area is 108 Å². The molecule has 0 spiro atoms. The Morgan fingerprint density at radius 2 is 2.22 bits per heavy atom. The molecule has 0 unspecified atom stereocenters. The quantitative estimate of drug-likeness (QED) is 0.698. The average molecular weight is 254 g/mol. The molecule has 2 N–H and O–H groups in total. The highest BCUT2D eigenvalue weighted by molar-refractivity contribution is 5.31. The number of rotatable bonds is 9. The highest BCUT2D eigenvalue weighted by atomic mass is 16.5. The largest absolute Gasteiger partial charge is 0.478 e. The van der Waals surface area contributed by atoms with Crippen LogP contribution in [-0.2, 0) is 4.74 Å². The smallest absolute Gasteiger partial charge is 0.228 e. The third-order valence-electron chi connectivity index (χ3n) is 2.39. The van der Waals surface area contributed by atoms with E-state index in [2.05, 4.69) is 14.9 Å².